The molecule has 4 rings (SSSR count). The lowest BCUT2D eigenvalue weighted by Crippen LogP contribution is -1.97. The first-order chi connectivity index (χ1) is 12.1. The fourth-order valence-corrected chi connectivity index (χ4v) is 3.72. The number of nitrogens with zero attached hydrogens (tertiary/aromatic N) is 2. The molecule has 0 aliphatic rings. The van der Waals surface area contributed by atoms with Crippen molar-refractivity contribution in [3.8, 4) is 6.07 Å². The molecule has 0 unspecified atom stereocenters. The van der Waals surface area contributed by atoms with E-state index in [0.717, 1.165) is 33.5 Å². The van der Waals surface area contributed by atoms with Gasteiger partial charge in [0.05, 0.1) is 11.3 Å². The van der Waals surface area contributed by atoms with Crippen molar-refractivity contribution < 1.29 is 9.90 Å². The van der Waals surface area contributed by atoms with Crippen LogP contribution in [0.5, 0.6) is 0 Å². The summed E-state index contributed by atoms with van der Waals surface area (Å²) in [6.45, 7) is 2.00. The predicted octanol–water partition coefficient (Wildman–Crippen LogP) is 4.40. The van der Waals surface area contributed by atoms with E-state index < -0.39 is 5.97 Å². The Bertz CT molecular complexity index is 1180. The number of aryl methyl sites for hydroxylation is 1. The summed E-state index contributed by atoms with van der Waals surface area (Å²) in [5.74, 6) is -1.00. The number of rotatable bonds is 3. The Hall–Kier alpha value is -3.37. The van der Waals surface area contributed by atoms with Crippen molar-refractivity contribution in [1.82, 2.24) is 9.97 Å². The van der Waals surface area contributed by atoms with E-state index in [1.807, 2.05) is 31.3 Å². The fourth-order valence-electron chi connectivity index (χ4n) is 2.87. The van der Waals surface area contributed by atoms with E-state index in [2.05, 4.69) is 21.4 Å². The Morgan fingerprint density at radius 3 is 2.96 bits per heavy atom. The van der Waals surface area contributed by atoms with Crippen molar-refractivity contribution in [2.24, 2.45) is 0 Å². The van der Waals surface area contributed by atoms with Gasteiger partial charge in [-0.3, -0.25) is 0 Å². The first-order valence-electron chi connectivity index (χ1n) is 7.48. The number of nitriles is 1. The largest absolute Gasteiger partial charge is 0.477 e. The summed E-state index contributed by atoms with van der Waals surface area (Å²) in [6.07, 6.45) is 3.35. The highest BCUT2D eigenvalue weighted by Gasteiger charge is 2.16. The predicted molar refractivity (Wildman–Crippen MR) is 97.6 cm³/mol. The SMILES string of the molecule is Cc1c(Nc2c(C#N)cnc3sc(C(=O)O)cc23)ccc2[nH]ccc12. The zero-order valence-corrected chi connectivity index (χ0v) is 13.9. The van der Waals surface area contributed by atoms with Gasteiger partial charge in [-0.2, -0.15) is 5.26 Å². The maximum Gasteiger partial charge on any atom is 0.345 e. The molecular formula is C18H12N4O2S. The maximum absolute atomic E-state index is 11.3. The summed E-state index contributed by atoms with van der Waals surface area (Å²) >= 11 is 1.09. The molecule has 4 aromatic rings. The highest BCUT2D eigenvalue weighted by atomic mass is 32.1. The number of aromatic amines is 1. The van der Waals surface area contributed by atoms with Crippen molar-refractivity contribution in [3.05, 3.63) is 52.7 Å². The average Bonchev–Trinajstić information content (AvgIpc) is 3.24. The number of pyridine rings is 1. The minimum atomic E-state index is -1.00. The molecule has 0 fully saturated rings. The van der Waals surface area contributed by atoms with Crippen LogP contribution in [0.2, 0.25) is 0 Å². The number of aromatic carboxylic acids is 1. The van der Waals surface area contributed by atoms with Crippen molar-refractivity contribution in [2.75, 3.05) is 5.32 Å². The number of nitrogens with one attached hydrogen (secondary N) is 2. The van der Waals surface area contributed by atoms with Crippen molar-refractivity contribution in [2.45, 2.75) is 6.92 Å². The number of hydrogen-bond acceptors (Lipinski definition) is 5. The molecule has 0 spiro atoms. The van der Waals surface area contributed by atoms with E-state index in [1.165, 1.54) is 6.20 Å². The molecule has 0 amide bonds. The van der Waals surface area contributed by atoms with E-state index in [4.69, 9.17) is 0 Å². The standard InChI is InChI=1S/C18H12N4O2S/c1-9-11-4-5-20-14(11)3-2-13(9)22-16-10(7-19)8-21-17-12(16)6-15(25-17)18(23)24/h2-6,8,20H,1H3,(H,21,22)(H,23,24). The first-order valence-corrected chi connectivity index (χ1v) is 8.30. The van der Waals surface area contributed by atoms with Gasteiger partial charge < -0.3 is 15.4 Å². The van der Waals surface area contributed by atoms with Gasteiger partial charge in [-0.25, -0.2) is 9.78 Å². The van der Waals surface area contributed by atoms with E-state index in [-0.39, 0.29) is 4.88 Å². The molecule has 3 aromatic heterocycles. The molecule has 0 saturated heterocycles. The highest BCUT2D eigenvalue weighted by Crippen LogP contribution is 2.35. The lowest BCUT2D eigenvalue weighted by molar-refractivity contribution is 0.0702. The number of benzene rings is 1. The minimum Gasteiger partial charge on any atom is -0.477 e. The van der Waals surface area contributed by atoms with Crippen LogP contribution in [-0.2, 0) is 0 Å². The van der Waals surface area contributed by atoms with E-state index >= 15 is 0 Å². The van der Waals surface area contributed by atoms with E-state index in [1.54, 1.807) is 6.07 Å². The smallest absolute Gasteiger partial charge is 0.345 e. The molecule has 0 aliphatic heterocycles. The molecule has 3 heterocycles. The Morgan fingerprint density at radius 2 is 2.20 bits per heavy atom. The van der Waals surface area contributed by atoms with Gasteiger partial charge in [-0.05, 0) is 36.8 Å². The topological polar surface area (TPSA) is 102 Å². The third-order valence-corrected chi connectivity index (χ3v) is 5.19. The van der Waals surface area contributed by atoms with Gasteiger partial charge >= 0.3 is 5.97 Å². The van der Waals surface area contributed by atoms with Crippen LogP contribution in [0.3, 0.4) is 0 Å². The summed E-state index contributed by atoms with van der Waals surface area (Å²) in [5.41, 5.74) is 3.89. The number of carbonyl (C=O) groups is 1. The van der Waals surface area contributed by atoms with Gasteiger partial charge in [0, 0.05) is 34.4 Å². The maximum atomic E-state index is 11.3. The molecule has 0 atom stereocenters. The summed E-state index contributed by atoms with van der Waals surface area (Å²) in [7, 11) is 0. The van der Waals surface area contributed by atoms with Crippen molar-refractivity contribution >= 4 is 49.8 Å². The van der Waals surface area contributed by atoms with Crippen LogP contribution in [-0.4, -0.2) is 21.0 Å². The second kappa shape index (κ2) is 5.61. The van der Waals surface area contributed by atoms with Crippen LogP contribution >= 0.6 is 11.3 Å². The van der Waals surface area contributed by atoms with Gasteiger partial charge in [-0.1, -0.05) is 0 Å². The van der Waals surface area contributed by atoms with Crippen molar-refractivity contribution in [1.29, 1.82) is 5.26 Å². The van der Waals surface area contributed by atoms with Crippen LogP contribution < -0.4 is 5.32 Å². The van der Waals surface area contributed by atoms with Crippen LogP contribution in [0.1, 0.15) is 20.8 Å². The molecule has 0 saturated carbocycles. The van der Waals surface area contributed by atoms with Gasteiger partial charge in [0.2, 0.25) is 0 Å². The third-order valence-electron chi connectivity index (χ3n) is 4.16. The molecule has 1 aromatic carbocycles. The molecular weight excluding hydrogens is 336 g/mol. The average molecular weight is 348 g/mol. The number of carboxylic acids is 1. The molecule has 3 N–H and O–H groups in total. The van der Waals surface area contributed by atoms with Crippen LogP contribution in [0.4, 0.5) is 11.4 Å². The van der Waals surface area contributed by atoms with Crippen LogP contribution in [0.25, 0.3) is 21.1 Å². The van der Waals surface area contributed by atoms with Crippen LogP contribution in [0, 0.1) is 18.3 Å². The zero-order chi connectivity index (χ0) is 17.6. The van der Waals surface area contributed by atoms with E-state index in [9.17, 15) is 15.2 Å². The lowest BCUT2D eigenvalue weighted by Gasteiger charge is -2.12. The third kappa shape index (κ3) is 2.40. The number of carboxylic acid groups (broad SMARTS) is 1. The Morgan fingerprint density at radius 1 is 1.36 bits per heavy atom. The van der Waals surface area contributed by atoms with Crippen LogP contribution in [0.15, 0.2) is 36.7 Å². The summed E-state index contributed by atoms with van der Waals surface area (Å²) in [4.78, 5) is 19.4. The molecule has 25 heavy (non-hydrogen) atoms. The Balaban J connectivity index is 1.91. The Kier molecular flexibility index (Phi) is 3.41. The number of H-pyrrole nitrogens is 1. The molecule has 0 radical (unpaired) electrons. The second-order valence-electron chi connectivity index (χ2n) is 5.60. The number of anilines is 2. The monoisotopic (exact) mass is 348 g/mol. The minimum absolute atomic E-state index is 0.193. The number of hydrogen-bond donors (Lipinski definition) is 3. The van der Waals surface area contributed by atoms with Gasteiger partial charge in [0.1, 0.15) is 15.8 Å². The van der Waals surface area contributed by atoms with Gasteiger partial charge in [-0.15, -0.1) is 11.3 Å². The number of aromatic nitrogens is 2. The number of thiophene rings is 1. The number of fused-ring (bicyclic) bond motifs is 2. The fraction of sp³-hybridized carbons (Fsp3) is 0.0556. The normalized spacial score (nSPS) is 10.9. The summed E-state index contributed by atoms with van der Waals surface area (Å²) < 4.78 is 0. The van der Waals surface area contributed by atoms with Crippen molar-refractivity contribution in [3.63, 3.8) is 0 Å². The highest BCUT2D eigenvalue weighted by molar-refractivity contribution is 7.20. The molecule has 7 heteroatoms. The van der Waals surface area contributed by atoms with E-state index in [0.29, 0.717) is 21.5 Å². The molecule has 0 aliphatic carbocycles. The molecule has 122 valence electrons. The first kappa shape index (κ1) is 15.2. The summed E-state index contributed by atoms with van der Waals surface area (Å²) in [5, 5.41) is 23.7. The molecule has 6 nitrogen and oxygen atoms in total. The molecule has 0 bridgehead atoms. The van der Waals surface area contributed by atoms with Gasteiger partial charge in [0.25, 0.3) is 0 Å². The second-order valence-corrected chi connectivity index (χ2v) is 6.63. The quantitative estimate of drug-likeness (QED) is 0.509. The lowest BCUT2D eigenvalue weighted by atomic mass is 10.1. The summed E-state index contributed by atoms with van der Waals surface area (Å²) in [6, 6.07) is 9.58. The Labute approximate surface area is 146 Å². The zero-order valence-electron chi connectivity index (χ0n) is 13.1. The van der Waals surface area contributed by atoms with Gasteiger partial charge in [0.15, 0.2) is 0 Å².